The molecule has 6 nitrogen and oxygen atoms in total. The first kappa shape index (κ1) is 16.4. The van der Waals surface area contributed by atoms with Gasteiger partial charge >= 0.3 is 0 Å². The Bertz CT molecular complexity index is 1210. The number of fused-ring (bicyclic) bond motifs is 1. The number of nitrogens with one attached hydrogen (secondary N) is 1. The van der Waals surface area contributed by atoms with Crippen LogP contribution in [0.25, 0.3) is 17.0 Å². The third-order valence-corrected chi connectivity index (χ3v) is 4.76. The summed E-state index contributed by atoms with van der Waals surface area (Å²) < 4.78 is 16.3. The monoisotopic (exact) mass is 372 g/mol. The van der Waals surface area contributed by atoms with Crippen LogP contribution in [-0.4, -0.2) is 26.3 Å². The van der Waals surface area contributed by atoms with E-state index in [-0.39, 0.29) is 5.82 Å². The zero-order chi connectivity index (χ0) is 19.1. The van der Waals surface area contributed by atoms with Gasteiger partial charge in [0.1, 0.15) is 12.1 Å². The van der Waals surface area contributed by atoms with E-state index in [0.717, 1.165) is 34.0 Å². The fourth-order valence-corrected chi connectivity index (χ4v) is 3.48. The molecule has 1 aromatic carbocycles. The maximum Gasteiger partial charge on any atom is 0.155 e. The fourth-order valence-electron chi connectivity index (χ4n) is 3.48. The van der Waals surface area contributed by atoms with Crippen molar-refractivity contribution < 1.29 is 4.39 Å². The number of hydrogen-bond donors (Lipinski definition) is 1. The van der Waals surface area contributed by atoms with Crippen molar-refractivity contribution in [2.75, 3.05) is 11.6 Å². The lowest BCUT2D eigenvalue weighted by atomic mass is 10.1. The van der Waals surface area contributed by atoms with E-state index in [2.05, 4.69) is 20.4 Å². The number of aromatic nitrogens is 4. The van der Waals surface area contributed by atoms with Crippen molar-refractivity contribution in [3.8, 4) is 0 Å². The summed E-state index contributed by atoms with van der Waals surface area (Å²) in [5.74, 6) is -0.276. The molecule has 7 heteroatoms. The summed E-state index contributed by atoms with van der Waals surface area (Å²) >= 11 is 0. The first-order valence-electron chi connectivity index (χ1n) is 8.95. The van der Waals surface area contributed by atoms with Gasteiger partial charge in [-0.25, -0.2) is 13.9 Å². The summed E-state index contributed by atoms with van der Waals surface area (Å²) in [7, 11) is 0. The quantitative estimate of drug-likeness (QED) is 0.597. The number of benzene rings is 1. The smallest absolute Gasteiger partial charge is 0.155 e. The van der Waals surface area contributed by atoms with Crippen molar-refractivity contribution in [1.29, 1.82) is 0 Å². The van der Waals surface area contributed by atoms with Gasteiger partial charge in [0.25, 0.3) is 0 Å². The molecule has 138 valence electrons. The maximum atomic E-state index is 14.6. The van der Waals surface area contributed by atoms with Gasteiger partial charge in [-0.2, -0.15) is 5.10 Å². The van der Waals surface area contributed by atoms with Crippen molar-refractivity contribution in [2.45, 2.75) is 6.92 Å². The van der Waals surface area contributed by atoms with Crippen LogP contribution in [0.3, 0.4) is 0 Å². The molecule has 0 saturated heterocycles. The average molecular weight is 372 g/mol. The Kier molecular flexibility index (Phi) is 3.79. The normalized spacial score (nSPS) is 14.0. The Morgan fingerprint density at radius 1 is 1.04 bits per heavy atom. The van der Waals surface area contributed by atoms with E-state index in [1.807, 2.05) is 54.4 Å². The van der Waals surface area contributed by atoms with Gasteiger partial charge in [0.2, 0.25) is 0 Å². The van der Waals surface area contributed by atoms with Crippen molar-refractivity contribution in [2.24, 2.45) is 0 Å². The highest BCUT2D eigenvalue weighted by molar-refractivity contribution is 5.98. The summed E-state index contributed by atoms with van der Waals surface area (Å²) in [4.78, 5) is 10.8. The number of nitrogens with zero attached hydrogens (tertiary/aromatic N) is 5. The molecule has 0 aliphatic carbocycles. The lowest BCUT2D eigenvalue weighted by Crippen LogP contribution is -2.23. The molecular formula is C21H17FN6. The van der Waals surface area contributed by atoms with Gasteiger partial charge in [0, 0.05) is 17.5 Å². The fraction of sp³-hybridized carbons (Fsp3) is 0.0952. The van der Waals surface area contributed by atoms with Crippen molar-refractivity contribution in [3.63, 3.8) is 0 Å². The minimum Gasteiger partial charge on any atom is -0.364 e. The second-order valence-electron chi connectivity index (χ2n) is 6.58. The van der Waals surface area contributed by atoms with E-state index >= 15 is 0 Å². The predicted molar refractivity (Wildman–Crippen MR) is 106 cm³/mol. The molecule has 4 heterocycles. The number of halogens is 1. The van der Waals surface area contributed by atoms with E-state index in [1.54, 1.807) is 16.6 Å². The van der Waals surface area contributed by atoms with Gasteiger partial charge in [-0.3, -0.25) is 4.98 Å². The Morgan fingerprint density at radius 2 is 1.93 bits per heavy atom. The van der Waals surface area contributed by atoms with Crippen LogP contribution in [0.5, 0.6) is 0 Å². The van der Waals surface area contributed by atoms with Crippen LogP contribution in [0.4, 0.5) is 10.1 Å². The standard InChI is InChI=1S/C21H17FN6/c1-14-5-4-7-17(26-14)20-21(15-9-10-19-23-12-25-28(19)11-15)27(13-24-20)18-8-3-2-6-16(18)22/h2-12,24H,13H2,1H3. The highest BCUT2D eigenvalue weighted by Crippen LogP contribution is 2.36. The number of aryl methyl sites for hydroxylation is 1. The first-order valence-corrected chi connectivity index (χ1v) is 8.95. The molecule has 0 spiro atoms. The third kappa shape index (κ3) is 2.68. The van der Waals surface area contributed by atoms with Crippen LogP contribution >= 0.6 is 0 Å². The number of hydrogen-bond acceptors (Lipinski definition) is 5. The summed E-state index contributed by atoms with van der Waals surface area (Å²) in [6.07, 6.45) is 3.41. The van der Waals surface area contributed by atoms with Crippen molar-refractivity contribution >= 4 is 22.7 Å². The number of rotatable bonds is 3. The number of pyridine rings is 2. The molecule has 4 aromatic rings. The molecule has 0 fully saturated rings. The zero-order valence-electron chi connectivity index (χ0n) is 15.2. The van der Waals surface area contributed by atoms with E-state index in [1.165, 1.54) is 12.4 Å². The van der Waals surface area contributed by atoms with Crippen molar-refractivity contribution in [3.05, 3.63) is 89.9 Å². The zero-order valence-corrected chi connectivity index (χ0v) is 15.2. The largest absolute Gasteiger partial charge is 0.364 e. The van der Waals surface area contributed by atoms with Crippen LogP contribution in [0.2, 0.25) is 0 Å². The van der Waals surface area contributed by atoms with E-state index in [9.17, 15) is 4.39 Å². The minimum absolute atomic E-state index is 0.276. The van der Waals surface area contributed by atoms with Gasteiger partial charge in [-0.1, -0.05) is 18.2 Å². The molecule has 3 aromatic heterocycles. The van der Waals surface area contributed by atoms with Crippen LogP contribution < -0.4 is 10.2 Å². The average Bonchev–Trinajstić information content (AvgIpc) is 3.34. The van der Waals surface area contributed by atoms with Gasteiger partial charge in [-0.05, 0) is 43.3 Å². The SMILES string of the molecule is Cc1cccc(C2=C(c3ccc4ncnn4c3)N(c3ccccc3F)CN2)n1. The number of para-hydroxylation sites is 1. The molecule has 0 unspecified atom stereocenters. The van der Waals surface area contributed by atoms with Crippen molar-refractivity contribution in [1.82, 2.24) is 24.9 Å². The molecule has 1 aliphatic rings. The Morgan fingerprint density at radius 3 is 2.79 bits per heavy atom. The van der Waals surface area contributed by atoms with Crippen LogP contribution in [0.15, 0.2) is 67.1 Å². The predicted octanol–water partition coefficient (Wildman–Crippen LogP) is 3.46. The van der Waals surface area contributed by atoms with Gasteiger partial charge < -0.3 is 10.2 Å². The summed E-state index contributed by atoms with van der Waals surface area (Å²) in [6.45, 7) is 2.39. The Hall–Kier alpha value is -3.74. The molecular weight excluding hydrogens is 355 g/mol. The Labute approximate surface area is 161 Å². The molecule has 0 saturated carbocycles. The molecule has 0 radical (unpaired) electrons. The second-order valence-corrected chi connectivity index (χ2v) is 6.58. The lowest BCUT2D eigenvalue weighted by Gasteiger charge is -2.22. The summed E-state index contributed by atoms with van der Waals surface area (Å²) in [5, 5.41) is 7.63. The number of anilines is 1. The topological polar surface area (TPSA) is 58.4 Å². The molecule has 1 aliphatic heterocycles. The van der Waals surface area contributed by atoms with Gasteiger partial charge in [0.15, 0.2) is 5.65 Å². The second kappa shape index (κ2) is 6.45. The summed E-state index contributed by atoms with van der Waals surface area (Å²) in [5.41, 5.74) is 5.58. The maximum absolute atomic E-state index is 14.6. The van der Waals surface area contributed by atoms with Crippen LogP contribution in [-0.2, 0) is 0 Å². The molecule has 0 bridgehead atoms. The highest BCUT2D eigenvalue weighted by atomic mass is 19.1. The van der Waals surface area contributed by atoms with Gasteiger partial charge in [0.05, 0.1) is 29.4 Å². The minimum atomic E-state index is -0.276. The first-order chi connectivity index (χ1) is 13.7. The molecule has 28 heavy (non-hydrogen) atoms. The van der Waals surface area contributed by atoms with Gasteiger partial charge in [-0.15, -0.1) is 0 Å². The summed E-state index contributed by atoms with van der Waals surface area (Å²) in [6, 6.07) is 16.5. The highest BCUT2D eigenvalue weighted by Gasteiger charge is 2.28. The molecule has 0 atom stereocenters. The molecule has 5 rings (SSSR count). The Balaban J connectivity index is 1.74. The third-order valence-electron chi connectivity index (χ3n) is 4.76. The van der Waals surface area contributed by atoms with E-state index in [0.29, 0.717) is 12.4 Å². The molecule has 0 amide bonds. The lowest BCUT2D eigenvalue weighted by molar-refractivity contribution is 0.625. The van der Waals surface area contributed by atoms with E-state index in [4.69, 9.17) is 0 Å². The molecule has 1 N–H and O–H groups in total. The van der Waals surface area contributed by atoms with E-state index < -0.39 is 0 Å². The van der Waals surface area contributed by atoms with Crippen LogP contribution in [0.1, 0.15) is 17.0 Å². The van der Waals surface area contributed by atoms with Crippen LogP contribution in [0, 0.1) is 12.7 Å².